The lowest BCUT2D eigenvalue weighted by atomic mass is 10.1. The number of hydrogen-bond acceptors (Lipinski definition) is 4. The molecule has 136 valence electrons. The first-order chi connectivity index (χ1) is 10.6. The summed E-state index contributed by atoms with van der Waals surface area (Å²) in [6.07, 6.45) is 2.06. The minimum atomic E-state index is -0.594. The first-order valence-corrected chi connectivity index (χ1v) is 9.84. The van der Waals surface area contributed by atoms with Crippen LogP contribution in [-0.2, 0) is 0 Å². The molecule has 0 spiro atoms. The molecule has 2 fully saturated rings. The maximum absolute atomic E-state index is 10.5. The van der Waals surface area contributed by atoms with Gasteiger partial charge >= 0.3 is 0 Å². The van der Waals surface area contributed by atoms with Gasteiger partial charge in [0.15, 0.2) is 5.96 Å². The summed E-state index contributed by atoms with van der Waals surface area (Å²) in [5.41, 5.74) is -0.594. The highest BCUT2D eigenvalue weighted by Crippen LogP contribution is 2.28. The SMILES string of the molecule is CCNC(=NCC1(O)CCSC1)N1CCC(N(CC)CC)C1.I. The first-order valence-electron chi connectivity index (χ1n) is 8.69. The van der Waals surface area contributed by atoms with E-state index in [0.717, 1.165) is 56.6 Å². The first kappa shape index (κ1) is 21.3. The number of aliphatic hydroxyl groups is 1. The zero-order chi connectivity index (χ0) is 16.0. The van der Waals surface area contributed by atoms with Gasteiger partial charge in [0.1, 0.15) is 0 Å². The van der Waals surface area contributed by atoms with Crippen molar-refractivity contribution in [1.82, 2.24) is 15.1 Å². The summed E-state index contributed by atoms with van der Waals surface area (Å²) in [6, 6.07) is 0.629. The molecular formula is C16H33IN4OS. The highest BCUT2D eigenvalue weighted by atomic mass is 127. The maximum atomic E-state index is 10.5. The molecule has 0 bridgehead atoms. The molecule has 0 aliphatic carbocycles. The Morgan fingerprint density at radius 1 is 1.39 bits per heavy atom. The predicted octanol–water partition coefficient (Wildman–Crippen LogP) is 1.85. The molecule has 7 heteroatoms. The number of likely N-dealkylation sites (N-methyl/N-ethyl adjacent to an activating group) is 1. The molecule has 2 saturated heterocycles. The van der Waals surface area contributed by atoms with Crippen LogP contribution in [0.1, 0.15) is 33.6 Å². The van der Waals surface area contributed by atoms with Crippen molar-refractivity contribution in [3.8, 4) is 0 Å². The van der Waals surface area contributed by atoms with Crippen molar-refractivity contribution < 1.29 is 5.11 Å². The van der Waals surface area contributed by atoms with E-state index in [1.54, 1.807) is 0 Å². The smallest absolute Gasteiger partial charge is 0.194 e. The molecule has 0 amide bonds. The number of nitrogens with zero attached hydrogens (tertiary/aromatic N) is 3. The Bertz CT molecular complexity index is 373. The van der Waals surface area contributed by atoms with E-state index in [1.165, 1.54) is 6.42 Å². The van der Waals surface area contributed by atoms with Gasteiger partial charge in [0, 0.05) is 31.4 Å². The highest BCUT2D eigenvalue weighted by Gasteiger charge is 2.33. The monoisotopic (exact) mass is 456 g/mol. The van der Waals surface area contributed by atoms with Crippen LogP contribution in [0.2, 0.25) is 0 Å². The molecular weight excluding hydrogens is 423 g/mol. The fourth-order valence-electron chi connectivity index (χ4n) is 3.34. The van der Waals surface area contributed by atoms with E-state index >= 15 is 0 Å². The van der Waals surface area contributed by atoms with E-state index in [1.807, 2.05) is 11.8 Å². The van der Waals surface area contributed by atoms with E-state index in [4.69, 9.17) is 4.99 Å². The average molecular weight is 456 g/mol. The summed E-state index contributed by atoms with van der Waals surface area (Å²) >= 11 is 1.83. The van der Waals surface area contributed by atoms with Gasteiger partial charge in [0.25, 0.3) is 0 Å². The molecule has 0 aromatic heterocycles. The van der Waals surface area contributed by atoms with Gasteiger partial charge in [-0.15, -0.1) is 24.0 Å². The molecule has 2 unspecified atom stereocenters. The molecule has 2 heterocycles. The summed E-state index contributed by atoms with van der Waals surface area (Å²) < 4.78 is 0. The van der Waals surface area contributed by atoms with Gasteiger partial charge in [0.05, 0.1) is 12.1 Å². The second kappa shape index (κ2) is 10.3. The van der Waals surface area contributed by atoms with Crippen LogP contribution in [0.3, 0.4) is 0 Å². The lowest BCUT2D eigenvalue weighted by Crippen LogP contribution is -2.44. The van der Waals surface area contributed by atoms with Crippen LogP contribution >= 0.6 is 35.7 Å². The zero-order valence-corrected chi connectivity index (χ0v) is 17.9. The standard InChI is InChI=1S/C16H32N4OS.HI/c1-4-17-15(18-12-16(21)8-10-22-13-16)20-9-7-14(11-20)19(5-2)6-3;/h14,21H,4-13H2,1-3H3,(H,17,18);1H. The molecule has 0 saturated carbocycles. The fourth-order valence-corrected chi connectivity index (χ4v) is 4.63. The number of hydrogen-bond donors (Lipinski definition) is 2. The summed E-state index contributed by atoms with van der Waals surface area (Å²) in [6.45, 7) is 12.3. The molecule has 2 aliphatic heterocycles. The van der Waals surface area contributed by atoms with Crippen molar-refractivity contribution >= 4 is 41.7 Å². The van der Waals surface area contributed by atoms with E-state index in [2.05, 4.69) is 35.9 Å². The number of nitrogens with one attached hydrogen (secondary N) is 1. The summed E-state index contributed by atoms with van der Waals surface area (Å²) in [7, 11) is 0. The summed E-state index contributed by atoms with van der Waals surface area (Å²) in [4.78, 5) is 9.64. The van der Waals surface area contributed by atoms with Gasteiger partial charge < -0.3 is 15.3 Å². The minimum Gasteiger partial charge on any atom is -0.387 e. The van der Waals surface area contributed by atoms with Gasteiger partial charge in [-0.1, -0.05) is 13.8 Å². The Labute approximate surface area is 162 Å². The van der Waals surface area contributed by atoms with E-state index < -0.39 is 5.60 Å². The molecule has 5 nitrogen and oxygen atoms in total. The molecule has 0 aromatic rings. The van der Waals surface area contributed by atoms with Crippen molar-refractivity contribution in [3.63, 3.8) is 0 Å². The number of thioether (sulfide) groups is 1. The number of guanidine groups is 1. The molecule has 23 heavy (non-hydrogen) atoms. The van der Waals surface area contributed by atoms with Crippen LogP contribution in [0, 0.1) is 0 Å². The molecule has 0 aromatic carbocycles. The Hall–Kier alpha value is 0.270. The Morgan fingerprint density at radius 3 is 2.70 bits per heavy atom. The summed E-state index contributed by atoms with van der Waals surface area (Å²) in [5, 5.41) is 13.9. The third-order valence-electron chi connectivity index (χ3n) is 4.73. The van der Waals surface area contributed by atoms with Gasteiger partial charge in [-0.3, -0.25) is 9.89 Å². The lowest BCUT2D eigenvalue weighted by Gasteiger charge is -2.28. The van der Waals surface area contributed by atoms with Gasteiger partial charge in [-0.2, -0.15) is 11.8 Å². The number of rotatable bonds is 6. The van der Waals surface area contributed by atoms with E-state index in [9.17, 15) is 5.11 Å². The molecule has 2 N–H and O–H groups in total. The van der Waals surface area contributed by atoms with Crippen molar-refractivity contribution in [2.24, 2.45) is 4.99 Å². The molecule has 2 rings (SSSR count). The fraction of sp³-hybridized carbons (Fsp3) is 0.938. The largest absolute Gasteiger partial charge is 0.387 e. The van der Waals surface area contributed by atoms with Crippen LogP contribution in [0.5, 0.6) is 0 Å². The quantitative estimate of drug-likeness (QED) is 0.363. The van der Waals surface area contributed by atoms with Gasteiger partial charge in [-0.05, 0) is 38.6 Å². The number of likely N-dealkylation sites (tertiary alicyclic amines) is 1. The highest BCUT2D eigenvalue weighted by molar-refractivity contribution is 14.0. The Morgan fingerprint density at radius 2 is 2.13 bits per heavy atom. The Kier molecular flexibility index (Phi) is 9.55. The van der Waals surface area contributed by atoms with Gasteiger partial charge in [-0.25, -0.2) is 0 Å². The number of aliphatic imine (C=N–C) groups is 1. The second-order valence-electron chi connectivity index (χ2n) is 6.31. The lowest BCUT2D eigenvalue weighted by molar-refractivity contribution is 0.0776. The van der Waals surface area contributed by atoms with Crippen molar-refractivity contribution in [3.05, 3.63) is 0 Å². The van der Waals surface area contributed by atoms with Crippen LogP contribution < -0.4 is 5.32 Å². The molecule has 2 atom stereocenters. The van der Waals surface area contributed by atoms with Gasteiger partial charge in [0.2, 0.25) is 0 Å². The second-order valence-corrected chi connectivity index (χ2v) is 7.41. The van der Waals surface area contributed by atoms with Crippen LogP contribution in [0.15, 0.2) is 4.99 Å². The third-order valence-corrected chi connectivity index (χ3v) is 5.97. The van der Waals surface area contributed by atoms with Crippen LogP contribution in [0.4, 0.5) is 0 Å². The maximum Gasteiger partial charge on any atom is 0.194 e. The third kappa shape index (κ3) is 5.93. The van der Waals surface area contributed by atoms with Crippen molar-refractivity contribution in [2.75, 3.05) is 50.8 Å². The van der Waals surface area contributed by atoms with Crippen LogP contribution in [0.25, 0.3) is 0 Å². The van der Waals surface area contributed by atoms with E-state index in [-0.39, 0.29) is 24.0 Å². The predicted molar refractivity (Wildman–Crippen MR) is 111 cm³/mol. The number of halogens is 1. The zero-order valence-electron chi connectivity index (χ0n) is 14.8. The molecule has 2 aliphatic rings. The Balaban J connectivity index is 0.00000264. The van der Waals surface area contributed by atoms with Crippen molar-refractivity contribution in [1.29, 1.82) is 0 Å². The normalized spacial score (nSPS) is 28.3. The summed E-state index contributed by atoms with van der Waals surface area (Å²) in [5.74, 6) is 2.84. The van der Waals surface area contributed by atoms with Crippen molar-refractivity contribution in [2.45, 2.75) is 45.3 Å². The average Bonchev–Trinajstić information content (AvgIpc) is 3.15. The van der Waals surface area contributed by atoms with E-state index in [0.29, 0.717) is 12.6 Å². The van der Waals surface area contributed by atoms with Crippen LogP contribution in [-0.4, -0.2) is 83.3 Å². The topological polar surface area (TPSA) is 51.1 Å². The minimum absolute atomic E-state index is 0. The molecule has 0 radical (unpaired) electrons.